The number of nitrogens with one attached hydrogen (secondary N) is 1. The maximum absolute atomic E-state index is 14.2. The second kappa shape index (κ2) is 17.1. The largest absolute Gasteiger partial charge is 0.411 e. The number of aromatic nitrogens is 1. The fourth-order valence-electron chi connectivity index (χ4n) is 6.68. The third-order valence-corrected chi connectivity index (χ3v) is 11.1. The van der Waals surface area contributed by atoms with E-state index in [1.54, 1.807) is 16.0 Å². The van der Waals surface area contributed by atoms with Gasteiger partial charge in [0, 0.05) is 44.3 Å². The van der Waals surface area contributed by atoms with Crippen LogP contribution in [0.25, 0.3) is 10.9 Å². The zero-order chi connectivity index (χ0) is 37.4. The highest BCUT2D eigenvalue weighted by molar-refractivity contribution is 7.89. The number of hydrogen-bond acceptors (Lipinski definition) is 8. The molecule has 1 aromatic heterocycles. The first kappa shape index (κ1) is 38.4. The van der Waals surface area contributed by atoms with E-state index in [1.165, 1.54) is 34.8 Å². The molecule has 0 bridgehead atoms. The summed E-state index contributed by atoms with van der Waals surface area (Å²) in [5, 5.41) is 27.6. The summed E-state index contributed by atoms with van der Waals surface area (Å²) in [6.45, 7) is 8.57. The number of rotatable bonds is 16. The predicted molar refractivity (Wildman–Crippen MR) is 200 cm³/mol. The monoisotopic (exact) mass is 728 g/mol. The smallest absolute Gasteiger partial charge is 0.321 e. The number of pyridine rings is 1. The summed E-state index contributed by atoms with van der Waals surface area (Å²) < 4.78 is 29.1. The zero-order valence-electron chi connectivity index (χ0n) is 30.0. The number of amides is 3. The standard InChI is InChI=1S/C39H48N6O6S/c1-27(2)24-44(52(50,51)32-16-14-30(15-17-32)23-41-49)26-36(46)35(22-29-10-6-5-7-11-29)42-38(47)37(28(3)4)45-21-20-43(39(45)48)25-31-18-19-40-34-13-9-8-12-33(31)34/h5-19,23,27-28,35-37,46,49H,20-22,24-26H2,1-4H3,(H,42,47)/b41-23+/t35-,36+,37-/m0/s1. The van der Waals surface area contributed by atoms with Gasteiger partial charge in [0.05, 0.1) is 28.8 Å². The Balaban J connectivity index is 1.37. The molecule has 0 unspecified atom stereocenters. The summed E-state index contributed by atoms with van der Waals surface area (Å²) in [4.78, 5) is 35.9. The quantitative estimate of drug-likeness (QED) is 0.0855. The van der Waals surface area contributed by atoms with Gasteiger partial charge in [0.25, 0.3) is 0 Å². The summed E-state index contributed by atoms with van der Waals surface area (Å²) >= 11 is 0. The fraction of sp³-hybridized carbons (Fsp3) is 0.385. The van der Waals surface area contributed by atoms with Gasteiger partial charge in [0.1, 0.15) is 6.04 Å². The van der Waals surface area contributed by atoms with E-state index in [4.69, 9.17) is 5.21 Å². The Labute approximate surface area is 305 Å². The number of carbonyl (C=O) groups is 2. The van der Waals surface area contributed by atoms with Crippen molar-refractivity contribution < 1.29 is 28.3 Å². The van der Waals surface area contributed by atoms with Gasteiger partial charge in [-0.2, -0.15) is 4.31 Å². The molecule has 1 aliphatic heterocycles. The highest BCUT2D eigenvalue weighted by Gasteiger charge is 2.40. The van der Waals surface area contributed by atoms with Crippen LogP contribution in [-0.2, 0) is 27.8 Å². The summed E-state index contributed by atoms with van der Waals surface area (Å²) in [5.41, 5.74) is 3.18. The van der Waals surface area contributed by atoms with Gasteiger partial charge >= 0.3 is 6.03 Å². The van der Waals surface area contributed by atoms with E-state index in [0.29, 0.717) is 25.2 Å². The lowest BCUT2D eigenvalue weighted by Crippen LogP contribution is -2.57. The number of para-hydroxylation sites is 1. The number of carbonyl (C=O) groups excluding carboxylic acids is 2. The second-order valence-corrected chi connectivity index (χ2v) is 15.9. The highest BCUT2D eigenvalue weighted by atomic mass is 32.2. The van der Waals surface area contributed by atoms with Crippen LogP contribution >= 0.6 is 0 Å². The van der Waals surface area contributed by atoms with E-state index >= 15 is 0 Å². The van der Waals surface area contributed by atoms with Gasteiger partial charge in [-0.05, 0) is 59.2 Å². The number of fused-ring (bicyclic) bond motifs is 1. The molecule has 12 nitrogen and oxygen atoms in total. The van der Waals surface area contributed by atoms with Gasteiger partial charge in [-0.15, -0.1) is 0 Å². The molecule has 3 N–H and O–H groups in total. The molecule has 52 heavy (non-hydrogen) atoms. The van der Waals surface area contributed by atoms with Crippen LogP contribution in [0, 0.1) is 11.8 Å². The van der Waals surface area contributed by atoms with E-state index in [9.17, 15) is 23.1 Å². The van der Waals surface area contributed by atoms with E-state index in [-0.39, 0.29) is 42.3 Å². The van der Waals surface area contributed by atoms with Crippen LogP contribution in [0.1, 0.15) is 44.4 Å². The highest BCUT2D eigenvalue weighted by Crippen LogP contribution is 2.25. The number of aliphatic hydroxyl groups is 1. The molecule has 0 radical (unpaired) electrons. The average molecular weight is 729 g/mol. The number of sulfonamides is 1. The van der Waals surface area contributed by atoms with Crippen molar-refractivity contribution in [3.05, 3.63) is 108 Å². The molecule has 3 atom stereocenters. The summed E-state index contributed by atoms with van der Waals surface area (Å²) in [7, 11) is -4.06. The lowest BCUT2D eigenvalue weighted by Gasteiger charge is -2.34. The van der Waals surface area contributed by atoms with Gasteiger partial charge in [0.2, 0.25) is 15.9 Å². The summed E-state index contributed by atoms with van der Waals surface area (Å²) in [6, 6.07) is 23.0. The normalized spacial score (nSPS) is 15.7. The van der Waals surface area contributed by atoms with Crippen molar-refractivity contribution in [1.29, 1.82) is 0 Å². The Bertz CT molecular complexity index is 1950. The first-order valence-corrected chi connectivity index (χ1v) is 19.0. The molecule has 4 aromatic rings. The minimum Gasteiger partial charge on any atom is -0.411 e. The van der Waals surface area contributed by atoms with Crippen molar-refractivity contribution in [2.75, 3.05) is 26.2 Å². The van der Waals surface area contributed by atoms with Crippen LogP contribution in [-0.4, -0.2) is 100 Å². The van der Waals surface area contributed by atoms with E-state index in [0.717, 1.165) is 22.0 Å². The molecule has 2 heterocycles. The van der Waals surface area contributed by atoms with Crippen LogP contribution < -0.4 is 5.32 Å². The third-order valence-electron chi connectivity index (χ3n) is 9.24. The maximum Gasteiger partial charge on any atom is 0.321 e. The molecule has 1 saturated heterocycles. The van der Waals surface area contributed by atoms with Crippen molar-refractivity contribution in [2.24, 2.45) is 17.0 Å². The van der Waals surface area contributed by atoms with Crippen LogP contribution in [0.15, 0.2) is 101 Å². The first-order valence-electron chi connectivity index (χ1n) is 17.6. The summed E-state index contributed by atoms with van der Waals surface area (Å²) in [5.74, 6) is -0.736. The second-order valence-electron chi connectivity index (χ2n) is 14.0. The molecular weight excluding hydrogens is 681 g/mol. The molecule has 0 spiro atoms. The Morgan fingerprint density at radius 2 is 1.65 bits per heavy atom. The van der Waals surface area contributed by atoms with Crippen molar-refractivity contribution in [3.63, 3.8) is 0 Å². The lowest BCUT2D eigenvalue weighted by atomic mass is 9.97. The zero-order valence-corrected chi connectivity index (χ0v) is 30.9. The van der Waals surface area contributed by atoms with Gasteiger partial charge in [-0.3, -0.25) is 9.78 Å². The van der Waals surface area contributed by atoms with E-state index < -0.39 is 34.1 Å². The van der Waals surface area contributed by atoms with Crippen LogP contribution in [0.4, 0.5) is 4.79 Å². The summed E-state index contributed by atoms with van der Waals surface area (Å²) in [6.07, 6.45) is 1.87. The van der Waals surface area contributed by atoms with Crippen LogP contribution in [0.5, 0.6) is 0 Å². The number of aliphatic hydroxyl groups excluding tert-OH is 1. The number of hydrogen-bond donors (Lipinski definition) is 3. The maximum atomic E-state index is 14.2. The SMILES string of the molecule is CC(C)CN(C[C@@H](O)[C@H](Cc1ccccc1)NC(=O)[C@H](C(C)C)N1CCN(Cc2ccnc3ccccc23)C1=O)S(=O)(=O)c1ccc(/C=N/O)cc1. The van der Waals surface area contributed by atoms with Gasteiger partial charge in [0.15, 0.2) is 0 Å². The molecule has 276 valence electrons. The molecule has 0 aliphatic carbocycles. The molecular formula is C39H48N6O6S. The molecule has 1 fully saturated rings. The Hall–Kier alpha value is -4.85. The Morgan fingerprint density at radius 1 is 0.962 bits per heavy atom. The molecule has 13 heteroatoms. The number of nitrogens with zero attached hydrogens (tertiary/aromatic N) is 5. The third kappa shape index (κ3) is 9.14. The average Bonchev–Trinajstić information content (AvgIpc) is 3.46. The molecule has 3 amide bonds. The number of benzene rings is 3. The predicted octanol–water partition coefficient (Wildman–Crippen LogP) is 4.74. The molecule has 3 aromatic carbocycles. The fourth-order valence-corrected chi connectivity index (χ4v) is 8.31. The van der Waals surface area contributed by atoms with E-state index in [2.05, 4.69) is 15.5 Å². The number of oxime groups is 1. The first-order chi connectivity index (χ1) is 24.9. The van der Waals surface area contributed by atoms with Gasteiger partial charge in [-0.1, -0.05) is 93.5 Å². The van der Waals surface area contributed by atoms with Crippen molar-refractivity contribution in [3.8, 4) is 0 Å². The number of urea groups is 1. The molecule has 1 aliphatic rings. The minimum atomic E-state index is -4.06. The van der Waals surface area contributed by atoms with Crippen LogP contribution in [0.3, 0.4) is 0 Å². The van der Waals surface area contributed by atoms with Gasteiger partial charge in [-0.25, -0.2) is 13.2 Å². The topological polar surface area (TPSA) is 156 Å². The van der Waals surface area contributed by atoms with Crippen LogP contribution in [0.2, 0.25) is 0 Å². The molecule has 5 rings (SSSR count). The van der Waals surface area contributed by atoms with Crippen molar-refractivity contribution in [1.82, 2.24) is 24.4 Å². The minimum absolute atomic E-state index is 0.0239. The molecule has 0 saturated carbocycles. The Kier molecular flexibility index (Phi) is 12.6. The van der Waals surface area contributed by atoms with Gasteiger partial charge < -0.3 is 25.4 Å². The lowest BCUT2D eigenvalue weighted by molar-refractivity contribution is -0.128. The Morgan fingerprint density at radius 3 is 2.33 bits per heavy atom. The van der Waals surface area contributed by atoms with E-state index in [1.807, 2.05) is 88.4 Å². The van der Waals surface area contributed by atoms with Crippen molar-refractivity contribution >= 4 is 39.1 Å². The van der Waals surface area contributed by atoms with Crippen molar-refractivity contribution in [2.45, 2.75) is 63.7 Å².